The van der Waals surface area contributed by atoms with Gasteiger partial charge in [-0.05, 0) is 20.3 Å². The highest BCUT2D eigenvalue weighted by atomic mass is 32.2. The number of sulfonamides is 1. The van der Waals surface area contributed by atoms with Crippen molar-refractivity contribution in [3.8, 4) is 0 Å². The first-order valence-corrected chi connectivity index (χ1v) is 11.1. The topological polar surface area (TPSA) is 97.0 Å². The number of hydrogen-bond donors (Lipinski definition) is 2. The molecular weight excluding hydrogens is 340 g/mol. The Morgan fingerprint density at radius 3 is 2.40 bits per heavy atom. The quantitative estimate of drug-likeness (QED) is 0.325. The van der Waals surface area contributed by atoms with Crippen LogP contribution >= 0.6 is 0 Å². The first-order chi connectivity index (χ1) is 11.8. The fraction of sp³-hybridized carbons (Fsp3) is 0.941. The third-order valence-electron chi connectivity index (χ3n) is 4.24. The van der Waals surface area contributed by atoms with Crippen LogP contribution in [0.1, 0.15) is 59.3 Å². The lowest BCUT2D eigenvalue weighted by Gasteiger charge is -2.34. The highest BCUT2D eigenvalue weighted by Gasteiger charge is 2.30. The zero-order valence-electron chi connectivity index (χ0n) is 16.0. The van der Waals surface area contributed by atoms with Crippen molar-refractivity contribution in [2.75, 3.05) is 31.9 Å². The van der Waals surface area contributed by atoms with E-state index in [1.165, 1.54) is 36.4 Å². The summed E-state index contributed by atoms with van der Waals surface area (Å²) in [5.74, 6) is 0.340. The highest BCUT2D eigenvalue weighted by Crippen LogP contribution is 2.14. The number of nitrogens with zero attached hydrogens (tertiary/aromatic N) is 2. The van der Waals surface area contributed by atoms with Crippen molar-refractivity contribution < 1.29 is 13.2 Å². The molecule has 1 rings (SSSR count). The van der Waals surface area contributed by atoms with Gasteiger partial charge in [0.1, 0.15) is 0 Å². The molecule has 25 heavy (non-hydrogen) atoms. The monoisotopic (exact) mass is 376 g/mol. The number of hydrogen-bond acceptors (Lipinski definition) is 4. The van der Waals surface area contributed by atoms with Gasteiger partial charge in [-0.25, -0.2) is 8.42 Å². The summed E-state index contributed by atoms with van der Waals surface area (Å²) >= 11 is 0. The molecule has 1 saturated heterocycles. The maximum Gasteiger partial charge on any atom is 0.216 e. The molecule has 1 aliphatic heterocycles. The van der Waals surface area contributed by atoms with Crippen molar-refractivity contribution in [1.29, 1.82) is 0 Å². The van der Waals surface area contributed by atoms with Crippen molar-refractivity contribution in [3.05, 3.63) is 0 Å². The predicted octanol–water partition coefficient (Wildman–Crippen LogP) is 1.69. The molecule has 2 unspecified atom stereocenters. The molecule has 0 aromatic rings. The van der Waals surface area contributed by atoms with E-state index >= 15 is 0 Å². The van der Waals surface area contributed by atoms with Crippen molar-refractivity contribution in [2.24, 2.45) is 10.7 Å². The van der Waals surface area contributed by atoms with Crippen LogP contribution in [0.4, 0.5) is 0 Å². The van der Waals surface area contributed by atoms with E-state index in [0.717, 1.165) is 6.42 Å². The van der Waals surface area contributed by atoms with Gasteiger partial charge in [-0.15, -0.1) is 0 Å². The average molecular weight is 377 g/mol. The minimum Gasteiger partial charge on any atom is -0.373 e. The molecule has 1 heterocycles. The maximum absolute atomic E-state index is 12.4. The number of nitrogens with one attached hydrogen (secondary N) is 1. The average Bonchev–Trinajstić information content (AvgIpc) is 2.53. The molecule has 3 N–H and O–H groups in total. The summed E-state index contributed by atoms with van der Waals surface area (Å²) < 4.78 is 31.9. The van der Waals surface area contributed by atoms with Gasteiger partial charge in [-0.2, -0.15) is 4.31 Å². The Morgan fingerprint density at radius 1 is 1.16 bits per heavy atom. The summed E-state index contributed by atoms with van der Waals surface area (Å²) in [5.41, 5.74) is 5.80. The van der Waals surface area contributed by atoms with E-state index in [2.05, 4.69) is 17.2 Å². The molecule has 0 bridgehead atoms. The molecule has 0 spiro atoms. The minimum atomic E-state index is -3.30. The normalized spacial score (nSPS) is 22.9. The summed E-state index contributed by atoms with van der Waals surface area (Å²) in [7, 11) is -3.30. The molecule has 148 valence electrons. The molecule has 1 fully saturated rings. The lowest BCUT2D eigenvalue weighted by atomic mass is 10.1. The Balaban J connectivity index is 2.22. The molecule has 0 saturated carbocycles. The fourth-order valence-electron chi connectivity index (χ4n) is 2.94. The van der Waals surface area contributed by atoms with Crippen LogP contribution in [-0.2, 0) is 14.8 Å². The number of ether oxygens (including phenoxy) is 1. The summed E-state index contributed by atoms with van der Waals surface area (Å²) in [5, 5.41) is 2.90. The van der Waals surface area contributed by atoms with Crippen molar-refractivity contribution in [3.63, 3.8) is 0 Å². The molecule has 1 aliphatic rings. The molecule has 0 aromatic carbocycles. The molecule has 0 aliphatic carbocycles. The standard InChI is InChI=1S/C17H36N4O3S/c1-4-5-6-7-8-9-10-19-17(18)20-11-12-25(22,23)21-13-15(2)24-16(3)14-21/h15-16H,4-14H2,1-3H3,(H3,18,19,20). The second kappa shape index (κ2) is 11.7. The number of nitrogens with two attached hydrogens (primary N) is 1. The maximum atomic E-state index is 12.4. The molecule has 0 radical (unpaired) electrons. The van der Waals surface area contributed by atoms with E-state index in [4.69, 9.17) is 10.5 Å². The highest BCUT2D eigenvalue weighted by molar-refractivity contribution is 7.89. The first-order valence-electron chi connectivity index (χ1n) is 9.52. The molecule has 8 heteroatoms. The van der Waals surface area contributed by atoms with E-state index in [1.54, 1.807) is 0 Å². The van der Waals surface area contributed by atoms with E-state index in [0.29, 0.717) is 25.6 Å². The molecule has 7 nitrogen and oxygen atoms in total. The molecule has 0 amide bonds. The largest absolute Gasteiger partial charge is 0.373 e. The minimum absolute atomic E-state index is 0.0136. The van der Waals surface area contributed by atoms with Crippen LogP contribution in [0.15, 0.2) is 4.99 Å². The van der Waals surface area contributed by atoms with Gasteiger partial charge in [-0.1, -0.05) is 39.0 Å². The zero-order valence-corrected chi connectivity index (χ0v) is 16.9. The van der Waals surface area contributed by atoms with Crippen LogP contribution in [0.2, 0.25) is 0 Å². The Morgan fingerprint density at radius 2 is 1.76 bits per heavy atom. The van der Waals surface area contributed by atoms with Gasteiger partial charge in [0, 0.05) is 26.2 Å². The number of unbranched alkanes of at least 4 members (excludes halogenated alkanes) is 5. The third kappa shape index (κ3) is 9.42. The summed E-state index contributed by atoms with van der Waals surface area (Å²) in [6.45, 7) is 7.77. The summed E-state index contributed by atoms with van der Waals surface area (Å²) in [6.07, 6.45) is 7.11. The van der Waals surface area contributed by atoms with Gasteiger partial charge < -0.3 is 15.8 Å². The van der Waals surface area contributed by atoms with Gasteiger partial charge in [0.25, 0.3) is 0 Å². The van der Waals surface area contributed by atoms with Gasteiger partial charge in [0.2, 0.25) is 10.0 Å². The van der Waals surface area contributed by atoms with E-state index in [1.807, 2.05) is 13.8 Å². The Bertz CT molecular complexity index is 486. The summed E-state index contributed by atoms with van der Waals surface area (Å²) in [4.78, 5) is 4.25. The van der Waals surface area contributed by atoms with E-state index in [9.17, 15) is 8.42 Å². The van der Waals surface area contributed by atoms with Crippen molar-refractivity contribution in [1.82, 2.24) is 9.62 Å². The van der Waals surface area contributed by atoms with Crippen LogP contribution in [0.5, 0.6) is 0 Å². The van der Waals surface area contributed by atoms with Crippen LogP contribution in [0.3, 0.4) is 0 Å². The summed E-state index contributed by atoms with van der Waals surface area (Å²) in [6, 6.07) is 0. The van der Waals surface area contributed by atoms with E-state index in [-0.39, 0.29) is 24.5 Å². The Labute approximate surface area is 153 Å². The number of rotatable bonds is 11. The SMILES string of the molecule is CCCCCCCCN=C(N)NCCS(=O)(=O)N1CC(C)OC(C)C1. The van der Waals surface area contributed by atoms with Gasteiger partial charge in [0.05, 0.1) is 18.0 Å². The van der Waals surface area contributed by atoms with Gasteiger partial charge in [0.15, 0.2) is 5.96 Å². The number of aliphatic imine (C=N–C) groups is 1. The lowest BCUT2D eigenvalue weighted by molar-refractivity contribution is -0.0440. The third-order valence-corrected chi connectivity index (χ3v) is 6.04. The smallest absolute Gasteiger partial charge is 0.216 e. The molecular formula is C17H36N4O3S. The van der Waals surface area contributed by atoms with Crippen molar-refractivity contribution in [2.45, 2.75) is 71.5 Å². The zero-order chi connectivity index (χ0) is 18.7. The first kappa shape index (κ1) is 22.2. The number of morpholine rings is 1. The van der Waals surface area contributed by atoms with Crippen LogP contribution < -0.4 is 11.1 Å². The predicted molar refractivity (Wildman–Crippen MR) is 103 cm³/mol. The lowest BCUT2D eigenvalue weighted by Crippen LogP contribution is -2.50. The van der Waals surface area contributed by atoms with Crippen LogP contribution in [-0.4, -0.2) is 62.8 Å². The van der Waals surface area contributed by atoms with Crippen molar-refractivity contribution >= 4 is 16.0 Å². The van der Waals surface area contributed by atoms with Crippen LogP contribution in [0, 0.1) is 0 Å². The molecule has 0 aromatic heterocycles. The number of guanidine groups is 1. The Kier molecular flexibility index (Phi) is 10.4. The van der Waals surface area contributed by atoms with Crippen LogP contribution in [0.25, 0.3) is 0 Å². The Hall–Kier alpha value is -0.860. The van der Waals surface area contributed by atoms with Gasteiger partial charge >= 0.3 is 0 Å². The van der Waals surface area contributed by atoms with E-state index < -0.39 is 10.0 Å². The second-order valence-electron chi connectivity index (χ2n) is 6.85. The molecule has 2 atom stereocenters. The fourth-order valence-corrected chi connectivity index (χ4v) is 4.43. The second-order valence-corrected chi connectivity index (χ2v) is 8.94. The van der Waals surface area contributed by atoms with Gasteiger partial charge in [-0.3, -0.25) is 4.99 Å².